The van der Waals surface area contributed by atoms with Gasteiger partial charge in [0.25, 0.3) is 0 Å². The summed E-state index contributed by atoms with van der Waals surface area (Å²) in [6, 6.07) is 0. The smallest absolute Gasteiger partial charge is 0.0531 e. The van der Waals surface area contributed by atoms with Gasteiger partial charge in [-0.25, -0.2) is 0 Å². The second kappa shape index (κ2) is 5.84. The highest BCUT2D eigenvalue weighted by molar-refractivity contribution is 6.18. The molecule has 68 valence electrons. The van der Waals surface area contributed by atoms with E-state index < -0.39 is 0 Å². The number of alkyl halides is 1. The Bertz CT molecular complexity index is 89.6. The Morgan fingerprint density at radius 2 is 2.00 bits per heavy atom. The third-order valence-electron chi connectivity index (χ3n) is 1.98. The Morgan fingerprint density at radius 3 is 2.36 bits per heavy atom. The first kappa shape index (κ1) is 11.2. The average molecular weight is 179 g/mol. The van der Waals surface area contributed by atoms with Gasteiger partial charge in [-0.2, -0.15) is 0 Å². The molecule has 0 heterocycles. The van der Waals surface area contributed by atoms with E-state index >= 15 is 0 Å². The summed E-state index contributed by atoms with van der Waals surface area (Å²) < 4.78 is 5.45. The van der Waals surface area contributed by atoms with Gasteiger partial charge < -0.3 is 4.74 Å². The fourth-order valence-corrected chi connectivity index (χ4v) is 0.964. The Morgan fingerprint density at radius 1 is 1.36 bits per heavy atom. The Labute approximate surface area is 75.1 Å². The van der Waals surface area contributed by atoms with Crippen LogP contribution in [0.25, 0.3) is 0 Å². The summed E-state index contributed by atoms with van der Waals surface area (Å²) in [5.41, 5.74) is 0.177. The molecule has 1 atom stereocenters. The number of rotatable bonds is 6. The van der Waals surface area contributed by atoms with Crippen LogP contribution in [0.3, 0.4) is 0 Å². The molecule has 2 heteroatoms. The van der Waals surface area contributed by atoms with E-state index in [0.29, 0.717) is 5.88 Å². The second-order valence-corrected chi connectivity index (χ2v) is 3.62. The number of hydrogen-bond acceptors (Lipinski definition) is 1. The standard InChI is InChI=1S/C9H19ClO/c1-4-6-11-8-9(3,5-2)7-10/h4-8H2,1-3H3. The molecule has 0 bridgehead atoms. The van der Waals surface area contributed by atoms with Gasteiger partial charge in [-0.05, 0) is 12.8 Å². The van der Waals surface area contributed by atoms with Gasteiger partial charge in [0, 0.05) is 17.9 Å². The van der Waals surface area contributed by atoms with Crippen molar-refractivity contribution in [3.05, 3.63) is 0 Å². The van der Waals surface area contributed by atoms with E-state index in [2.05, 4.69) is 20.8 Å². The monoisotopic (exact) mass is 178 g/mol. The lowest BCUT2D eigenvalue weighted by Crippen LogP contribution is -2.24. The lowest BCUT2D eigenvalue weighted by atomic mass is 9.91. The molecule has 11 heavy (non-hydrogen) atoms. The Balaban J connectivity index is 3.51. The molecule has 0 N–H and O–H groups in total. The normalized spacial score (nSPS) is 16.4. The SMILES string of the molecule is CCCOCC(C)(CC)CCl. The lowest BCUT2D eigenvalue weighted by molar-refractivity contribution is 0.0625. The van der Waals surface area contributed by atoms with Crippen LogP contribution in [0.4, 0.5) is 0 Å². The van der Waals surface area contributed by atoms with Gasteiger partial charge in [0.15, 0.2) is 0 Å². The fraction of sp³-hybridized carbons (Fsp3) is 1.00. The van der Waals surface area contributed by atoms with Crippen LogP contribution in [0.1, 0.15) is 33.6 Å². The summed E-state index contributed by atoms with van der Waals surface area (Å²) in [7, 11) is 0. The molecule has 1 unspecified atom stereocenters. The molecule has 0 aromatic heterocycles. The molecule has 0 rings (SSSR count). The first-order chi connectivity index (χ1) is 5.18. The molecule has 1 nitrogen and oxygen atoms in total. The van der Waals surface area contributed by atoms with Gasteiger partial charge >= 0.3 is 0 Å². The van der Waals surface area contributed by atoms with E-state index in [4.69, 9.17) is 16.3 Å². The highest BCUT2D eigenvalue weighted by atomic mass is 35.5. The van der Waals surface area contributed by atoms with Crippen LogP contribution in [-0.4, -0.2) is 19.1 Å². The minimum atomic E-state index is 0.177. The molecule has 0 aromatic carbocycles. The second-order valence-electron chi connectivity index (χ2n) is 3.35. The maximum atomic E-state index is 5.81. The van der Waals surface area contributed by atoms with Gasteiger partial charge in [0.2, 0.25) is 0 Å². The van der Waals surface area contributed by atoms with Crippen molar-refractivity contribution in [1.29, 1.82) is 0 Å². The number of halogens is 1. The zero-order valence-electron chi connectivity index (χ0n) is 7.82. The van der Waals surface area contributed by atoms with Gasteiger partial charge in [0.1, 0.15) is 0 Å². The van der Waals surface area contributed by atoms with Crippen LogP contribution < -0.4 is 0 Å². The van der Waals surface area contributed by atoms with Crippen LogP contribution >= 0.6 is 11.6 Å². The molecular weight excluding hydrogens is 160 g/mol. The van der Waals surface area contributed by atoms with Crippen LogP contribution in [0.2, 0.25) is 0 Å². The minimum Gasteiger partial charge on any atom is -0.381 e. The summed E-state index contributed by atoms with van der Waals surface area (Å²) in [5, 5.41) is 0. The van der Waals surface area contributed by atoms with Crippen molar-refractivity contribution in [2.24, 2.45) is 5.41 Å². The van der Waals surface area contributed by atoms with Crippen LogP contribution in [0.15, 0.2) is 0 Å². The van der Waals surface area contributed by atoms with E-state index in [1.165, 1.54) is 0 Å². The van der Waals surface area contributed by atoms with Crippen molar-refractivity contribution in [3.63, 3.8) is 0 Å². The van der Waals surface area contributed by atoms with E-state index in [0.717, 1.165) is 26.1 Å². The molecule has 0 fully saturated rings. The topological polar surface area (TPSA) is 9.23 Å². The highest BCUT2D eigenvalue weighted by Gasteiger charge is 2.20. The highest BCUT2D eigenvalue weighted by Crippen LogP contribution is 2.22. The molecule has 0 saturated carbocycles. The molecule has 0 spiro atoms. The maximum Gasteiger partial charge on any atom is 0.0531 e. The maximum absolute atomic E-state index is 5.81. The van der Waals surface area contributed by atoms with E-state index in [1.807, 2.05) is 0 Å². The Hall–Kier alpha value is 0.250. The fourth-order valence-electron chi connectivity index (χ4n) is 0.698. The third-order valence-corrected chi connectivity index (χ3v) is 2.62. The third kappa shape index (κ3) is 4.65. The predicted octanol–water partition coefficient (Wildman–Crippen LogP) is 3.07. The average Bonchev–Trinajstić information content (AvgIpc) is 2.05. The zero-order chi connectivity index (χ0) is 8.74. The van der Waals surface area contributed by atoms with E-state index in [9.17, 15) is 0 Å². The minimum absolute atomic E-state index is 0.177. The summed E-state index contributed by atoms with van der Waals surface area (Å²) in [6.45, 7) is 8.07. The number of hydrogen-bond donors (Lipinski definition) is 0. The largest absolute Gasteiger partial charge is 0.381 e. The first-order valence-electron chi connectivity index (χ1n) is 4.32. The molecule has 0 aromatic rings. The summed E-state index contributed by atoms with van der Waals surface area (Å²) in [4.78, 5) is 0. The molecule has 0 radical (unpaired) electrons. The van der Waals surface area contributed by atoms with Gasteiger partial charge in [-0.15, -0.1) is 11.6 Å². The van der Waals surface area contributed by atoms with Crippen molar-refractivity contribution in [1.82, 2.24) is 0 Å². The molecule has 0 saturated heterocycles. The van der Waals surface area contributed by atoms with Crippen molar-refractivity contribution in [3.8, 4) is 0 Å². The molecule has 0 aliphatic rings. The first-order valence-corrected chi connectivity index (χ1v) is 4.85. The Kier molecular flexibility index (Phi) is 5.98. The van der Waals surface area contributed by atoms with Crippen LogP contribution in [-0.2, 0) is 4.74 Å². The van der Waals surface area contributed by atoms with Crippen molar-refractivity contribution in [2.75, 3.05) is 19.1 Å². The summed E-state index contributed by atoms with van der Waals surface area (Å²) in [6.07, 6.45) is 2.17. The van der Waals surface area contributed by atoms with Crippen molar-refractivity contribution in [2.45, 2.75) is 33.6 Å². The van der Waals surface area contributed by atoms with E-state index in [1.54, 1.807) is 0 Å². The van der Waals surface area contributed by atoms with Crippen LogP contribution in [0.5, 0.6) is 0 Å². The van der Waals surface area contributed by atoms with Gasteiger partial charge in [-0.1, -0.05) is 20.8 Å². The van der Waals surface area contributed by atoms with E-state index in [-0.39, 0.29) is 5.41 Å². The molecule has 0 aliphatic carbocycles. The zero-order valence-corrected chi connectivity index (χ0v) is 8.58. The van der Waals surface area contributed by atoms with Gasteiger partial charge in [-0.3, -0.25) is 0 Å². The van der Waals surface area contributed by atoms with Gasteiger partial charge in [0.05, 0.1) is 6.61 Å². The lowest BCUT2D eigenvalue weighted by Gasteiger charge is -2.24. The summed E-state index contributed by atoms with van der Waals surface area (Å²) >= 11 is 5.81. The van der Waals surface area contributed by atoms with Crippen molar-refractivity contribution >= 4 is 11.6 Å². The summed E-state index contributed by atoms with van der Waals surface area (Å²) in [5.74, 6) is 0.688. The molecule has 0 aliphatic heterocycles. The predicted molar refractivity (Wildman–Crippen MR) is 50.2 cm³/mol. The van der Waals surface area contributed by atoms with Crippen LogP contribution in [0, 0.1) is 5.41 Å². The molecule has 0 amide bonds. The van der Waals surface area contributed by atoms with Crippen molar-refractivity contribution < 1.29 is 4.74 Å². The number of ether oxygens (including phenoxy) is 1. The molecular formula is C9H19ClO. The quantitative estimate of drug-likeness (QED) is 0.449.